The summed E-state index contributed by atoms with van der Waals surface area (Å²) in [5, 5.41) is 6.30. The van der Waals surface area contributed by atoms with Gasteiger partial charge in [-0.25, -0.2) is 4.67 Å². The van der Waals surface area contributed by atoms with Crippen LogP contribution in [0.3, 0.4) is 0 Å². The van der Waals surface area contributed by atoms with Gasteiger partial charge in [-0.05, 0) is 45.8 Å². The monoisotopic (exact) mass is 419 g/mol. The van der Waals surface area contributed by atoms with Gasteiger partial charge in [-0.2, -0.15) is 0 Å². The van der Waals surface area contributed by atoms with E-state index in [0.29, 0.717) is 0 Å². The first-order valence-corrected chi connectivity index (χ1v) is 12.2. The van der Waals surface area contributed by atoms with Crippen molar-refractivity contribution in [3.63, 3.8) is 0 Å². The van der Waals surface area contributed by atoms with Crippen LogP contribution in [-0.2, 0) is 4.57 Å². The van der Waals surface area contributed by atoms with E-state index in [1.165, 1.54) is 5.56 Å². The number of nitrogens with zero attached hydrogens (tertiary/aromatic N) is 1. The molecule has 0 fully saturated rings. The Bertz CT molecular complexity index is 1490. The molecular formula is C28H22NOP. The maximum atomic E-state index is 15.3. The summed E-state index contributed by atoms with van der Waals surface area (Å²) in [7, 11) is -1.06. The van der Waals surface area contributed by atoms with Crippen LogP contribution in [0.15, 0.2) is 109 Å². The molecule has 3 heteroatoms. The Balaban J connectivity index is 1.74. The normalized spacial score (nSPS) is 20.9. The average molecular weight is 419 g/mol. The van der Waals surface area contributed by atoms with E-state index in [9.17, 15) is 0 Å². The first-order chi connectivity index (χ1) is 15.2. The molecule has 0 N–H and O–H groups in total. The SMILES string of the molecule is CN1[C@H](c2ccccc2)c2ccc3ccccc3c2[P@]1(=O)c1cccc2ccccc12. The van der Waals surface area contributed by atoms with E-state index in [0.717, 1.165) is 37.7 Å². The summed E-state index contributed by atoms with van der Waals surface area (Å²) in [6.45, 7) is 0. The van der Waals surface area contributed by atoms with Crippen LogP contribution < -0.4 is 10.6 Å². The van der Waals surface area contributed by atoms with Crippen molar-refractivity contribution < 1.29 is 4.57 Å². The Morgan fingerprint density at radius 2 is 1.26 bits per heavy atom. The number of rotatable bonds is 2. The van der Waals surface area contributed by atoms with Crippen molar-refractivity contribution in [2.75, 3.05) is 7.05 Å². The molecule has 150 valence electrons. The number of hydrogen-bond donors (Lipinski definition) is 0. The molecule has 31 heavy (non-hydrogen) atoms. The van der Waals surface area contributed by atoms with Gasteiger partial charge in [0, 0.05) is 10.6 Å². The number of fused-ring (bicyclic) bond motifs is 4. The van der Waals surface area contributed by atoms with E-state index in [1.54, 1.807) is 0 Å². The Labute approximate surface area is 182 Å². The second-order valence-electron chi connectivity index (χ2n) is 8.19. The van der Waals surface area contributed by atoms with E-state index in [2.05, 4.69) is 77.5 Å². The van der Waals surface area contributed by atoms with Gasteiger partial charge in [0.2, 0.25) is 7.29 Å². The summed E-state index contributed by atoms with van der Waals surface area (Å²) >= 11 is 0. The molecule has 0 aromatic heterocycles. The molecule has 0 amide bonds. The molecule has 5 aromatic rings. The topological polar surface area (TPSA) is 20.3 Å². The van der Waals surface area contributed by atoms with Gasteiger partial charge in [0.15, 0.2) is 0 Å². The minimum absolute atomic E-state index is 0.0504. The molecule has 0 unspecified atom stereocenters. The Hall–Kier alpha value is -3.19. The van der Waals surface area contributed by atoms with Crippen LogP contribution in [0.1, 0.15) is 17.2 Å². The summed E-state index contributed by atoms with van der Waals surface area (Å²) in [5.74, 6) is 0. The van der Waals surface area contributed by atoms with Crippen molar-refractivity contribution in [3.8, 4) is 0 Å². The lowest BCUT2D eigenvalue weighted by Crippen LogP contribution is -2.25. The van der Waals surface area contributed by atoms with Gasteiger partial charge in [-0.3, -0.25) is 4.57 Å². The zero-order chi connectivity index (χ0) is 21.0. The van der Waals surface area contributed by atoms with Crippen molar-refractivity contribution in [2.24, 2.45) is 0 Å². The van der Waals surface area contributed by atoms with E-state index >= 15 is 4.57 Å². The lowest BCUT2D eigenvalue weighted by molar-refractivity contribution is 0.444. The molecule has 2 atom stereocenters. The number of benzene rings is 5. The van der Waals surface area contributed by atoms with Gasteiger partial charge in [0.05, 0.1) is 6.04 Å². The highest BCUT2D eigenvalue weighted by atomic mass is 31.2. The highest BCUT2D eigenvalue weighted by Gasteiger charge is 2.48. The second-order valence-corrected chi connectivity index (χ2v) is 10.9. The summed E-state index contributed by atoms with van der Waals surface area (Å²) in [6, 6.07) is 37.5. The summed E-state index contributed by atoms with van der Waals surface area (Å²) < 4.78 is 17.4. The first-order valence-electron chi connectivity index (χ1n) is 10.6. The molecule has 1 aliphatic heterocycles. The minimum atomic E-state index is -3.08. The lowest BCUT2D eigenvalue weighted by Gasteiger charge is -2.28. The van der Waals surface area contributed by atoms with Crippen LogP contribution in [0.2, 0.25) is 0 Å². The van der Waals surface area contributed by atoms with Crippen LogP contribution in [0.4, 0.5) is 0 Å². The van der Waals surface area contributed by atoms with Gasteiger partial charge in [0.1, 0.15) is 0 Å². The maximum Gasteiger partial charge on any atom is 0.209 e. The zero-order valence-corrected chi connectivity index (χ0v) is 18.2. The summed E-state index contributed by atoms with van der Waals surface area (Å²) in [5.41, 5.74) is 2.31. The maximum absolute atomic E-state index is 15.3. The highest BCUT2D eigenvalue weighted by molar-refractivity contribution is 7.78. The molecule has 0 saturated heterocycles. The standard InChI is InChI=1S/C28H22NOP/c1-29-27(22-12-3-2-4-13-22)25-19-18-21-11-6-8-16-24(21)28(25)31(29,30)26-17-9-14-20-10-5-7-15-23(20)26/h2-19,27H,1H3/t27-,31-/m1/s1. The Kier molecular flexibility index (Phi) is 4.14. The van der Waals surface area contributed by atoms with Gasteiger partial charge in [-0.1, -0.05) is 103 Å². The molecule has 0 saturated carbocycles. The molecule has 6 rings (SSSR count). The minimum Gasteiger partial charge on any atom is -0.296 e. The van der Waals surface area contributed by atoms with Crippen LogP contribution in [0.5, 0.6) is 0 Å². The molecule has 0 bridgehead atoms. The predicted molar refractivity (Wildman–Crippen MR) is 131 cm³/mol. The fourth-order valence-corrected chi connectivity index (χ4v) is 8.52. The Morgan fingerprint density at radius 1 is 0.645 bits per heavy atom. The average Bonchev–Trinajstić information content (AvgIpc) is 3.07. The van der Waals surface area contributed by atoms with E-state index in [4.69, 9.17) is 0 Å². The van der Waals surface area contributed by atoms with Crippen LogP contribution in [0, 0.1) is 0 Å². The molecule has 2 nitrogen and oxygen atoms in total. The number of hydrogen-bond acceptors (Lipinski definition) is 1. The summed E-state index contributed by atoms with van der Waals surface area (Å²) in [6.07, 6.45) is 0. The van der Waals surface area contributed by atoms with Gasteiger partial charge in [-0.15, -0.1) is 0 Å². The van der Waals surface area contributed by atoms with Crippen LogP contribution >= 0.6 is 7.29 Å². The zero-order valence-electron chi connectivity index (χ0n) is 17.3. The van der Waals surface area contributed by atoms with Crippen LogP contribution in [0.25, 0.3) is 21.5 Å². The molecule has 0 radical (unpaired) electrons. The fourth-order valence-electron chi connectivity index (χ4n) is 5.15. The Morgan fingerprint density at radius 3 is 2.03 bits per heavy atom. The third-order valence-corrected chi connectivity index (χ3v) is 9.82. The van der Waals surface area contributed by atoms with Crippen molar-refractivity contribution >= 4 is 39.4 Å². The molecule has 0 spiro atoms. The lowest BCUT2D eigenvalue weighted by atomic mass is 9.96. The van der Waals surface area contributed by atoms with Crippen molar-refractivity contribution in [1.29, 1.82) is 0 Å². The van der Waals surface area contributed by atoms with E-state index < -0.39 is 7.29 Å². The largest absolute Gasteiger partial charge is 0.296 e. The first kappa shape index (κ1) is 18.6. The van der Waals surface area contributed by atoms with Gasteiger partial charge < -0.3 is 0 Å². The van der Waals surface area contributed by atoms with Crippen LogP contribution in [-0.4, -0.2) is 11.7 Å². The van der Waals surface area contributed by atoms with Gasteiger partial charge >= 0.3 is 0 Å². The third kappa shape index (κ3) is 2.59. The smallest absolute Gasteiger partial charge is 0.209 e. The fraction of sp³-hybridized carbons (Fsp3) is 0.0714. The van der Waals surface area contributed by atoms with E-state index in [-0.39, 0.29) is 6.04 Å². The molecular weight excluding hydrogens is 397 g/mol. The van der Waals surface area contributed by atoms with Crippen molar-refractivity contribution in [3.05, 3.63) is 120 Å². The third-order valence-electron chi connectivity index (χ3n) is 6.56. The molecule has 1 heterocycles. The predicted octanol–water partition coefficient (Wildman–Crippen LogP) is 6.26. The van der Waals surface area contributed by atoms with Crippen molar-refractivity contribution in [2.45, 2.75) is 6.04 Å². The van der Waals surface area contributed by atoms with E-state index in [1.807, 2.05) is 43.4 Å². The highest BCUT2D eigenvalue weighted by Crippen LogP contribution is 2.60. The van der Waals surface area contributed by atoms with Crippen molar-refractivity contribution in [1.82, 2.24) is 4.67 Å². The summed E-state index contributed by atoms with van der Waals surface area (Å²) in [4.78, 5) is 0. The second kappa shape index (κ2) is 6.92. The quantitative estimate of drug-likeness (QED) is 0.315. The molecule has 5 aromatic carbocycles. The molecule has 0 aliphatic carbocycles. The molecule has 1 aliphatic rings. The van der Waals surface area contributed by atoms with Gasteiger partial charge in [0.25, 0.3) is 0 Å².